The first-order valence-electron chi connectivity index (χ1n) is 6.56. The van der Waals surface area contributed by atoms with Gasteiger partial charge >= 0.3 is 0 Å². The number of piperidine rings is 1. The fraction of sp³-hybridized carbons (Fsp3) is 0.692. The van der Waals surface area contributed by atoms with Gasteiger partial charge in [-0.1, -0.05) is 0 Å². The molecule has 2 rings (SSSR count). The van der Waals surface area contributed by atoms with Crippen molar-refractivity contribution in [3.05, 3.63) is 17.5 Å². The molecule has 5 nitrogen and oxygen atoms in total. The van der Waals surface area contributed by atoms with Crippen LogP contribution in [0.3, 0.4) is 0 Å². The third-order valence-corrected chi connectivity index (χ3v) is 3.86. The van der Waals surface area contributed by atoms with E-state index < -0.39 is 0 Å². The molecule has 1 fully saturated rings. The van der Waals surface area contributed by atoms with E-state index >= 15 is 0 Å². The maximum atomic E-state index is 12.4. The van der Waals surface area contributed by atoms with Gasteiger partial charge in [-0.05, 0) is 39.3 Å². The Bertz CT molecular complexity index is 419. The van der Waals surface area contributed by atoms with E-state index in [1.54, 1.807) is 10.9 Å². The maximum Gasteiger partial charge on any atom is 0.257 e. The van der Waals surface area contributed by atoms with E-state index in [0.29, 0.717) is 5.92 Å². The lowest BCUT2D eigenvalue weighted by atomic mass is 9.96. The minimum atomic E-state index is 0.128. The van der Waals surface area contributed by atoms with Crippen molar-refractivity contribution in [3.63, 3.8) is 0 Å². The second-order valence-corrected chi connectivity index (χ2v) is 5.06. The SMILES string of the molecule is CNCC1CCN(C(=O)c2cnn(C)c2C)CC1. The molecule has 1 aromatic rings. The van der Waals surface area contributed by atoms with E-state index in [9.17, 15) is 4.79 Å². The van der Waals surface area contributed by atoms with Crippen LogP contribution in [0.5, 0.6) is 0 Å². The highest BCUT2D eigenvalue weighted by Gasteiger charge is 2.25. The molecule has 1 N–H and O–H groups in total. The zero-order chi connectivity index (χ0) is 13.1. The highest BCUT2D eigenvalue weighted by Crippen LogP contribution is 2.19. The molecule has 100 valence electrons. The van der Waals surface area contributed by atoms with Gasteiger partial charge in [0.1, 0.15) is 0 Å². The molecule has 0 unspecified atom stereocenters. The van der Waals surface area contributed by atoms with E-state index in [4.69, 9.17) is 0 Å². The summed E-state index contributed by atoms with van der Waals surface area (Å²) in [4.78, 5) is 14.3. The van der Waals surface area contributed by atoms with E-state index in [0.717, 1.165) is 43.7 Å². The molecular formula is C13H22N4O. The molecule has 0 radical (unpaired) electrons. The van der Waals surface area contributed by atoms with Crippen LogP contribution >= 0.6 is 0 Å². The smallest absolute Gasteiger partial charge is 0.257 e. The lowest BCUT2D eigenvalue weighted by Gasteiger charge is -2.31. The largest absolute Gasteiger partial charge is 0.339 e. The Balaban J connectivity index is 1.97. The molecule has 1 aromatic heterocycles. The van der Waals surface area contributed by atoms with Gasteiger partial charge in [0.15, 0.2) is 0 Å². The molecule has 2 heterocycles. The van der Waals surface area contributed by atoms with Crippen LogP contribution in [0.15, 0.2) is 6.20 Å². The van der Waals surface area contributed by atoms with Crippen molar-refractivity contribution in [2.75, 3.05) is 26.7 Å². The molecule has 1 aliphatic rings. The number of hydrogen-bond donors (Lipinski definition) is 1. The van der Waals surface area contributed by atoms with Crippen molar-refractivity contribution in [2.45, 2.75) is 19.8 Å². The molecule has 0 atom stereocenters. The second kappa shape index (κ2) is 5.52. The highest BCUT2D eigenvalue weighted by molar-refractivity contribution is 5.95. The summed E-state index contributed by atoms with van der Waals surface area (Å²) in [6, 6.07) is 0. The number of aromatic nitrogens is 2. The first-order valence-corrected chi connectivity index (χ1v) is 6.56. The molecule has 1 saturated heterocycles. The van der Waals surface area contributed by atoms with Gasteiger partial charge in [0.2, 0.25) is 0 Å². The number of carbonyl (C=O) groups excluding carboxylic acids is 1. The van der Waals surface area contributed by atoms with Gasteiger partial charge in [-0.25, -0.2) is 0 Å². The number of nitrogens with one attached hydrogen (secondary N) is 1. The van der Waals surface area contributed by atoms with Crippen molar-refractivity contribution in [1.82, 2.24) is 20.0 Å². The molecule has 1 amide bonds. The third kappa shape index (κ3) is 2.56. The minimum absolute atomic E-state index is 0.128. The van der Waals surface area contributed by atoms with Crippen molar-refractivity contribution in [3.8, 4) is 0 Å². The standard InChI is InChI=1S/C13H22N4O/c1-10-12(9-15-16(10)3)13(18)17-6-4-11(5-7-17)8-14-2/h9,11,14H,4-8H2,1-3H3. The number of hydrogen-bond acceptors (Lipinski definition) is 3. The fourth-order valence-electron chi connectivity index (χ4n) is 2.51. The summed E-state index contributed by atoms with van der Waals surface area (Å²) in [7, 11) is 3.85. The van der Waals surface area contributed by atoms with E-state index in [-0.39, 0.29) is 5.91 Å². The Morgan fingerprint density at radius 2 is 2.17 bits per heavy atom. The van der Waals surface area contributed by atoms with Gasteiger partial charge in [0.05, 0.1) is 11.8 Å². The highest BCUT2D eigenvalue weighted by atomic mass is 16.2. The fourth-order valence-corrected chi connectivity index (χ4v) is 2.51. The first-order chi connectivity index (χ1) is 8.63. The van der Waals surface area contributed by atoms with Crippen LogP contribution in [0.2, 0.25) is 0 Å². The molecule has 0 aliphatic carbocycles. The van der Waals surface area contributed by atoms with Crippen LogP contribution in [0, 0.1) is 12.8 Å². The summed E-state index contributed by atoms with van der Waals surface area (Å²) < 4.78 is 1.75. The van der Waals surface area contributed by atoms with Gasteiger partial charge in [0, 0.05) is 25.8 Å². The number of carbonyl (C=O) groups is 1. The van der Waals surface area contributed by atoms with Crippen LogP contribution in [0.25, 0.3) is 0 Å². The molecule has 0 saturated carbocycles. The Morgan fingerprint density at radius 1 is 1.50 bits per heavy atom. The molecule has 0 aromatic carbocycles. The van der Waals surface area contributed by atoms with Gasteiger partial charge < -0.3 is 10.2 Å². The maximum absolute atomic E-state index is 12.4. The van der Waals surface area contributed by atoms with Crippen molar-refractivity contribution < 1.29 is 4.79 Å². The van der Waals surface area contributed by atoms with Crippen LogP contribution in [-0.4, -0.2) is 47.3 Å². The van der Waals surface area contributed by atoms with Gasteiger partial charge in [-0.2, -0.15) is 5.10 Å². The predicted octanol–water partition coefficient (Wildman–Crippen LogP) is 0.800. The monoisotopic (exact) mass is 250 g/mol. The normalized spacial score (nSPS) is 17.2. The summed E-state index contributed by atoms with van der Waals surface area (Å²) in [6.07, 6.45) is 3.86. The summed E-state index contributed by atoms with van der Waals surface area (Å²) in [5.74, 6) is 0.831. The molecule has 0 spiro atoms. The third-order valence-electron chi connectivity index (χ3n) is 3.86. The van der Waals surface area contributed by atoms with Crippen molar-refractivity contribution in [1.29, 1.82) is 0 Å². The van der Waals surface area contributed by atoms with E-state index in [1.807, 2.05) is 25.9 Å². The molecule has 5 heteroatoms. The average molecular weight is 250 g/mol. The van der Waals surface area contributed by atoms with Crippen molar-refractivity contribution >= 4 is 5.91 Å². The molecule has 18 heavy (non-hydrogen) atoms. The number of aryl methyl sites for hydroxylation is 1. The van der Waals surface area contributed by atoms with Gasteiger partial charge in [-0.3, -0.25) is 9.48 Å². The predicted molar refractivity (Wildman–Crippen MR) is 70.5 cm³/mol. The summed E-state index contributed by atoms with van der Waals surface area (Å²) in [6.45, 7) is 4.71. The quantitative estimate of drug-likeness (QED) is 0.863. The number of likely N-dealkylation sites (tertiary alicyclic amines) is 1. The summed E-state index contributed by atoms with van der Waals surface area (Å²) >= 11 is 0. The van der Waals surface area contributed by atoms with E-state index in [2.05, 4.69) is 10.4 Å². The molecular weight excluding hydrogens is 228 g/mol. The van der Waals surface area contributed by atoms with Crippen LogP contribution in [0.4, 0.5) is 0 Å². The van der Waals surface area contributed by atoms with Gasteiger partial charge in [0.25, 0.3) is 5.91 Å². The summed E-state index contributed by atoms with van der Waals surface area (Å²) in [5, 5.41) is 7.34. The Morgan fingerprint density at radius 3 is 2.67 bits per heavy atom. The van der Waals surface area contributed by atoms with Gasteiger partial charge in [-0.15, -0.1) is 0 Å². The van der Waals surface area contributed by atoms with Crippen LogP contribution in [-0.2, 0) is 7.05 Å². The lowest BCUT2D eigenvalue weighted by molar-refractivity contribution is 0.0690. The number of nitrogens with zero attached hydrogens (tertiary/aromatic N) is 3. The molecule has 0 bridgehead atoms. The Labute approximate surface area is 108 Å². The van der Waals surface area contributed by atoms with Crippen molar-refractivity contribution in [2.24, 2.45) is 13.0 Å². The Hall–Kier alpha value is -1.36. The molecule has 1 aliphatic heterocycles. The number of amides is 1. The zero-order valence-electron chi connectivity index (χ0n) is 11.4. The average Bonchev–Trinajstić information content (AvgIpc) is 2.71. The lowest BCUT2D eigenvalue weighted by Crippen LogP contribution is -2.40. The van der Waals surface area contributed by atoms with E-state index in [1.165, 1.54) is 0 Å². The van der Waals surface area contributed by atoms with Crippen LogP contribution in [0.1, 0.15) is 28.9 Å². The minimum Gasteiger partial charge on any atom is -0.339 e. The topological polar surface area (TPSA) is 50.2 Å². The number of rotatable bonds is 3. The van der Waals surface area contributed by atoms with Crippen LogP contribution < -0.4 is 5.32 Å². The first kappa shape index (κ1) is 13.1. The second-order valence-electron chi connectivity index (χ2n) is 5.06. The Kier molecular flexibility index (Phi) is 4.01. The summed E-state index contributed by atoms with van der Waals surface area (Å²) in [5.41, 5.74) is 1.68. The zero-order valence-corrected chi connectivity index (χ0v) is 11.4.